The van der Waals surface area contributed by atoms with Crippen molar-refractivity contribution >= 4 is 29.3 Å². The van der Waals surface area contributed by atoms with E-state index in [1.807, 2.05) is 0 Å². The lowest BCUT2D eigenvalue weighted by atomic mass is 10.2. The first-order valence-electron chi connectivity index (χ1n) is 7.75. The lowest BCUT2D eigenvalue weighted by Gasteiger charge is -2.25. The third kappa shape index (κ3) is 6.34. The zero-order valence-corrected chi connectivity index (χ0v) is 16.2. The Morgan fingerprint density at radius 2 is 1.76 bits per heavy atom. The third-order valence-electron chi connectivity index (χ3n) is 3.13. The monoisotopic (exact) mass is 372 g/mol. The standard InChI is InChI=1S/C17H25ClN2O5/c1-11(21)20(8-7-19-16(22)25-17(2,3)4)13-10-14(23-5)12(18)9-15(13)24-6/h9-10H,7-8H2,1-6H3,(H,19,22). The minimum Gasteiger partial charge on any atom is -0.495 e. The van der Waals surface area contributed by atoms with Crippen molar-refractivity contribution in [1.29, 1.82) is 0 Å². The zero-order chi connectivity index (χ0) is 19.2. The molecule has 0 spiro atoms. The topological polar surface area (TPSA) is 77.1 Å². The van der Waals surface area contributed by atoms with Gasteiger partial charge in [-0.15, -0.1) is 0 Å². The van der Waals surface area contributed by atoms with Crippen LogP contribution in [0.1, 0.15) is 27.7 Å². The summed E-state index contributed by atoms with van der Waals surface area (Å²) in [7, 11) is 2.97. The van der Waals surface area contributed by atoms with Gasteiger partial charge in [0.25, 0.3) is 0 Å². The van der Waals surface area contributed by atoms with E-state index in [1.54, 1.807) is 32.9 Å². The molecule has 0 aliphatic rings. The summed E-state index contributed by atoms with van der Waals surface area (Å²) in [6.07, 6.45) is -0.545. The molecule has 2 amide bonds. The molecule has 1 aromatic carbocycles. The van der Waals surface area contributed by atoms with Gasteiger partial charge in [-0.05, 0) is 20.8 Å². The van der Waals surface area contributed by atoms with Crippen LogP contribution in [0.4, 0.5) is 10.5 Å². The highest BCUT2D eigenvalue weighted by Gasteiger charge is 2.20. The molecular formula is C17H25ClN2O5. The normalized spacial score (nSPS) is 10.8. The predicted molar refractivity (Wildman–Crippen MR) is 96.8 cm³/mol. The van der Waals surface area contributed by atoms with Crippen molar-refractivity contribution in [3.05, 3.63) is 17.2 Å². The van der Waals surface area contributed by atoms with Crippen molar-refractivity contribution in [3.63, 3.8) is 0 Å². The van der Waals surface area contributed by atoms with E-state index in [9.17, 15) is 9.59 Å². The Kier molecular flexibility index (Phi) is 7.36. The number of nitrogens with one attached hydrogen (secondary N) is 1. The maximum atomic E-state index is 12.1. The van der Waals surface area contributed by atoms with E-state index < -0.39 is 11.7 Å². The molecule has 0 aromatic heterocycles. The first-order chi connectivity index (χ1) is 11.6. The maximum Gasteiger partial charge on any atom is 0.407 e. The fourth-order valence-corrected chi connectivity index (χ4v) is 2.32. The highest BCUT2D eigenvalue weighted by Crippen LogP contribution is 2.38. The second-order valence-electron chi connectivity index (χ2n) is 6.26. The average molecular weight is 373 g/mol. The van der Waals surface area contributed by atoms with E-state index in [0.717, 1.165) is 0 Å². The number of carbonyl (C=O) groups excluding carboxylic acids is 2. The van der Waals surface area contributed by atoms with Crippen molar-refractivity contribution in [2.75, 3.05) is 32.2 Å². The number of carbonyl (C=O) groups is 2. The second kappa shape index (κ2) is 8.80. The summed E-state index contributed by atoms with van der Waals surface area (Å²) in [5.41, 5.74) is -0.0841. The van der Waals surface area contributed by atoms with E-state index in [2.05, 4.69) is 5.32 Å². The molecule has 0 saturated heterocycles. The molecule has 1 N–H and O–H groups in total. The van der Waals surface area contributed by atoms with Crippen LogP contribution in [0.15, 0.2) is 12.1 Å². The van der Waals surface area contributed by atoms with Crippen molar-refractivity contribution in [2.24, 2.45) is 0 Å². The van der Waals surface area contributed by atoms with Crippen LogP contribution in [0.2, 0.25) is 5.02 Å². The number of amides is 2. The number of hydrogen-bond acceptors (Lipinski definition) is 5. The van der Waals surface area contributed by atoms with Gasteiger partial charge >= 0.3 is 6.09 Å². The third-order valence-corrected chi connectivity index (χ3v) is 3.42. The van der Waals surface area contributed by atoms with Crippen LogP contribution in [-0.2, 0) is 9.53 Å². The van der Waals surface area contributed by atoms with Gasteiger partial charge in [-0.1, -0.05) is 11.6 Å². The number of nitrogens with zero attached hydrogens (tertiary/aromatic N) is 1. The molecule has 8 heteroatoms. The highest BCUT2D eigenvalue weighted by atomic mass is 35.5. The number of halogens is 1. The molecule has 0 saturated carbocycles. The Morgan fingerprint density at radius 1 is 1.16 bits per heavy atom. The molecule has 0 bridgehead atoms. The van der Waals surface area contributed by atoms with Gasteiger partial charge in [0.05, 0.1) is 24.9 Å². The van der Waals surface area contributed by atoms with Crippen LogP contribution in [0.25, 0.3) is 0 Å². The largest absolute Gasteiger partial charge is 0.495 e. The van der Waals surface area contributed by atoms with Crippen LogP contribution in [-0.4, -0.2) is 44.9 Å². The summed E-state index contributed by atoms with van der Waals surface area (Å²) >= 11 is 6.09. The molecule has 0 radical (unpaired) electrons. The van der Waals surface area contributed by atoms with Crippen molar-refractivity contribution in [2.45, 2.75) is 33.3 Å². The van der Waals surface area contributed by atoms with Crippen molar-refractivity contribution in [3.8, 4) is 11.5 Å². The Morgan fingerprint density at radius 3 is 2.24 bits per heavy atom. The van der Waals surface area contributed by atoms with Crippen molar-refractivity contribution < 1.29 is 23.8 Å². The number of hydrogen-bond donors (Lipinski definition) is 1. The second-order valence-corrected chi connectivity index (χ2v) is 6.67. The predicted octanol–water partition coefficient (Wildman–Crippen LogP) is 3.23. The lowest BCUT2D eigenvalue weighted by Crippen LogP contribution is -2.39. The summed E-state index contributed by atoms with van der Waals surface area (Å²) in [4.78, 5) is 25.2. The summed E-state index contributed by atoms with van der Waals surface area (Å²) in [5, 5.41) is 2.99. The molecule has 7 nitrogen and oxygen atoms in total. The van der Waals surface area contributed by atoms with Crippen LogP contribution < -0.4 is 19.7 Å². The van der Waals surface area contributed by atoms with Gasteiger partial charge in [-0.2, -0.15) is 0 Å². The van der Waals surface area contributed by atoms with Crippen LogP contribution >= 0.6 is 11.6 Å². The minimum absolute atomic E-state index is 0.211. The average Bonchev–Trinajstić information content (AvgIpc) is 2.49. The summed E-state index contributed by atoms with van der Waals surface area (Å²) in [5.74, 6) is 0.635. The molecular weight excluding hydrogens is 348 g/mol. The molecule has 140 valence electrons. The van der Waals surface area contributed by atoms with Gasteiger partial charge in [0.1, 0.15) is 17.1 Å². The fraction of sp³-hybridized carbons (Fsp3) is 0.529. The SMILES string of the molecule is COc1cc(N(CCNC(=O)OC(C)(C)C)C(C)=O)c(OC)cc1Cl. The van der Waals surface area contributed by atoms with Gasteiger partial charge in [0, 0.05) is 32.1 Å². The Bertz CT molecular complexity index is 628. The molecule has 1 rings (SSSR count). The molecule has 0 aliphatic carbocycles. The number of alkyl carbamates (subject to hydrolysis) is 1. The number of ether oxygens (including phenoxy) is 3. The van der Waals surface area contributed by atoms with Crippen LogP contribution in [0, 0.1) is 0 Å². The van der Waals surface area contributed by atoms with Gasteiger partial charge in [0.15, 0.2) is 0 Å². The van der Waals surface area contributed by atoms with Crippen LogP contribution in [0.3, 0.4) is 0 Å². The maximum absolute atomic E-state index is 12.1. The van der Waals surface area contributed by atoms with E-state index >= 15 is 0 Å². The van der Waals surface area contributed by atoms with Gasteiger partial charge < -0.3 is 24.4 Å². The Hall–Kier alpha value is -2.15. The molecule has 0 unspecified atom stereocenters. The molecule has 25 heavy (non-hydrogen) atoms. The molecule has 0 aliphatic heterocycles. The first kappa shape index (κ1) is 20.9. The Balaban J connectivity index is 2.91. The van der Waals surface area contributed by atoms with Gasteiger partial charge in [0.2, 0.25) is 5.91 Å². The van der Waals surface area contributed by atoms with Crippen molar-refractivity contribution in [1.82, 2.24) is 5.32 Å². The van der Waals surface area contributed by atoms with Crippen LogP contribution in [0.5, 0.6) is 11.5 Å². The van der Waals surface area contributed by atoms with E-state index in [4.69, 9.17) is 25.8 Å². The molecule has 0 fully saturated rings. The fourth-order valence-electron chi connectivity index (χ4n) is 2.09. The summed E-state index contributed by atoms with van der Waals surface area (Å²) < 4.78 is 15.7. The molecule has 0 heterocycles. The Labute approximate surface area is 153 Å². The van der Waals surface area contributed by atoms with E-state index in [0.29, 0.717) is 22.2 Å². The van der Waals surface area contributed by atoms with E-state index in [1.165, 1.54) is 26.0 Å². The highest BCUT2D eigenvalue weighted by molar-refractivity contribution is 6.32. The summed E-state index contributed by atoms with van der Waals surface area (Å²) in [6.45, 7) is 7.20. The number of anilines is 1. The van der Waals surface area contributed by atoms with Gasteiger partial charge in [-0.25, -0.2) is 4.79 Å². The number of benzene rings is 1. The smallest absolute Gasteiger partial charge is 0.407 e. The number of methoxy groups -OCH3 is 2. The molecule has 1 aromatic rings. The molecule has 0 atom stereocenters. The number of rotatable bonds is 6. The van der Waals surface area contributed by atoms with Gasteiger partial charge in [-0.3, -0.25) is 4.79 Å². The van der Waals surface area contributed by atoms with E-state index in [-0.39, 0.29) is 19.0 Å². The summed E-state index contributed by atoms with van der Waals surface area (Å²) in [6, 6.07) is 3.20. The quantitative estimate of drug-likeness (QED) is 0.829. The lowest BCUT2D eigenvalue weighted by molar-refractivity contribution is -0.116. The first-order valence-corrected chi connectivity index (χ1v) is 8.13. The minimum atomic E-state index is -0.586. The zero-order valence-electron chi connectivity index (χ0n) is 15.4.